The van der Waals surface area contributed by atoms with Gasteiger partial charge in [-0.2, -0.15) is 0 Å². The molecule has 0 bridgehead atoms. The van der Waals surface area contributed by atoms with Gasteiger partial charge in [0.25, 0.3) is 0 Å². The first-order valence-corrected chi connectivity index (χ1v) is 8.07. The van der Waals surface area contributed by atoms with E-state index in [0.29, 0.717) is 0 Å². The molecule has 0 spiro atoms. The fourth-order valence-corrected chi connectivity index (χ4v) is 3.13. The van der Waals surface area contributed by atoms with Crippen LogP contribution in [0.3, 0.4) is 0 Å². The minimum atomic E-state index is 0.269. The molecule has 0 aromatic heterocycles. The number of rotatable bonds is 3. The molecule has 2 aliphatic heterocycles. The minimum Gasteiger partial charge on any atom is -0.487 e. The molecule has 1 atom stereocenters. The highest BCUT2D eigenvalue weighted by molar-refractivity contribution is 5.59. The zero-order chi connectivity index (χ0) is 13.8. The summed E-state index contributed by atoms with van der Waals surface area (Å²) in [4.78, 5) is 2.62. The van der Waals surface area contributed by atoms with Crippen LogP contribution >= 0.6 is 0 Å². The zero-order valence-corrected chi connectivity index (χ0v) is 12.5. The van der Waals surface area contributed by atoms with Crippen LogP contribution in [-0.2, 0) is 6.42 Å². The molecule has 1 saturated heterocycles. The molecule has 1 aromatic carbocycles. The smallest absolute Gasteiger partial charge is 0.142 e. The number of nitrogens with one attached hydrogen (secondary N) is 1. The van der Waals surface area contributed by atoms with Crippen molar-refractivity contribution in [1.29, 1.82) is 0 Å². The van der Waals surface area contributed by atoms with Crippen molar-refractivity contribution in [3.05, 3.63) is 23.8 Å². The standard InChI is InChI=1S/C17H26N2O/c1-14-13-18-16-12-15(6-7-17(16)20-14)8-11-19-9-4-2-3-5-10-19/h6-7,12,14,18H,2-5,8-11,13H2,1H3. The van der Waals surface area contributed by atoms with Gasteiger partial charge in [0.1, 0.15) is 11.9 Å². The molecule has 110 valence electrons. The van der Waals surface area contributed by atoms with Crippen molar-refractivity contribution in [2.24, 2.45) is 0 Å². The summed E-state index contributed by atoms with van der Waals surface area (Å²) in [5, 5.41) is 3.46. The van der Waals surface area contributed by atoms with Gasteiger partial charge in [-0.25, -0.2) is 0 Å². The van der Waals surface area contributed by atoms with Gasteiger partial charge in [0.05, 0.1) is 12.2 Å². The van der Waals surface area contributed by atoms with E-state index in [1.807, 2.05) is 0 Å². The quantitative estimate of drug-likeness (QED) is 0.915. The van der Waals surface area contributed by atoms with E-state index in [9.17, 15) is 0 Å². The van der Waals surface area contributed by atoms with Crippen molar-refractivity contribution in [3.8, 4) is 5.75 Å². The molecule has 0 saturated carbocycles. The highest BCUT2D eigenvalue weighted by Crippen LogP contribution is 2.30. The predicted octanol–water partition coefficient (Wildman–Crippen LogP) is 3.30. The van der Waals surface area contributed by atoms with Crippen molar-refractivity contribution in [1.82, 2.24) is 4.90 Å². The Morgan fingerprint density at radius 3 is 2.80 bits per heavy atom. The lowest BCUT2D eigenvalue weighted by Crippen LogP contribution is -2.28. The van der Waals surface area contributed by atoms with E-state index in [1.165, 1.54) is 50.9 Å². The van der Waals surface area contributed by atoms with Gasteiger partial charge in [0.2, 0.25) is 0 Å². The Morgan fingerprint density at radius 2 is 2.00 bits per heavy atom. The van der Waals surface area contributed by atoms with Gasteiger partial charge in [-0.1, -0.05) is 18.9 Å². The molecular weight excluding hydrogens is 248 g/mol. The Bertz CT molecular complexity index is 439. The van der Waals surface area contributed by atoms with Crippen LogP contribution in [0, 0.1) is 0 Å². The Hall–Kier alpha value is -1.22. The summed E-state index contributed by atoms with van der Waals surface area (Å²) in [5.41, 5.74) is 2.58. The number of nitrogens with zero attached hydrogens (tertiary/aromatic N) is 1. The van der Waals surface area contributed by atoms with Crippen molar-refractivity contribution in [3.63, 3.8) is 0 Å². The van der Waals surface area contributed by atoms with E-state index >= 15 is 0 Å². The number of hydrogen-bond donors (Lipinski definition) is 1. The first-order valence-electron chi connectivity index (χ1n) is 8.07. The lowest BCUT2D eigenvalue weighted by molar-refractivity contribution is 0.226. The van der Waals surface area contributed by atoms with Gasteiger partial charge in [-0.3, -0.25) is 0 Å². The first-order chi connectivity index (χ1) is 9.81. The van der Waals surface area contributed by atoms with Crippen LogP contribution in [0.4, 0.5) is 5.69 Å². The molecule has 3 rings (SSSR count). The van der Waals surface area contributed by atoms with Gasteiger partial charge < -0.3 is 15.0 Å². The Balaban J connectivity index is 1.57. The summed E-state index contributed by atoms with van der Waals surface area (Å²) in [5.74, 6) is 1.00. The van der Waals surface area contributed by atoms with Crippen LogP contribution in [0.25, 0.3) is 0 Å². The van der Waals surface area contributed by atoms with E-state index < -0.39 is 0 Å². The SMILES string of the molecule is CC1CNc2cc(CCN3CCCCCC3)ccc2O1. The van der Waals surface area contributed by atoms with E-state index in [-0.39, 0.29) is 6.10 Å². The average Bonchev–Trinajstić information content (AvgIpc) is 2.73. The highest BCUT2D eigenvalue weighted by Gasteiger charge is 2.15. The average molecular weight is 274 g/mol. The first kappa shape index (κ1) is 13.7. The fourth-order valence-electron chi connectivity index (χ4n) is 3.13. The second-order valence-corrected chi connectivity index (χ2v) is 6.15. The Kier molecular flexibility index (Phi) is 4.46. The molecule has 3 heteroatoms. The number of anilines is 1. The second-order valence-electron chi connectivity index (χ2n) is 6.15. The van der Waals surface area contributed by atoms with E-state index in [0.717, 1.165) is 24.4 Å². The van der Waals surface area contributed by atoms with Gasteiger partial charge in [-0.15, -0.1) is 0 Å². The zero-order valence-electron chi connectivity index (χ0n) is 12.5. The normalized spacial score (nSPS) is 23.4. The largest absolute Gasteiger partial charge is 0.487 e. The molecular formula is C17H26N2O. The Labute approximate surface area is 122 Å². The lowest BCUT2D eigenvalue weighted by atomic mass is 10.1. The summed E-state index contributed by atoms with van der Waals surface area (Å²) < 4.78 is 5.82. The number of ether oxygens (including phenoxy) is 1. The maximum absolute atomic E-state index is 5.82. The molecule has 20 heavy (non-hydrogen) atoms. The van der Waals surface area contributed by atoms with Crippen molar-refractivity contribution < 1.29 is 4.74 Å². The van der Waals surface area contributed by atoms with E-state index in [2.05, 4.69) is 35.3 Å². The molecule has 0 aliphatic carbocycles. The van der Waals surface area contributed by atoms with E-state index in [4.69, 9.17) is 4.74 Å². The maximum Gasteiger partial charge on any atom is 0.142 e. The molecule has 0 amide bonds. The predicted molar refractivity (Wildman–Crippen MR) is 83.6 cm³/mol. The van der Waals surface area contributed by atoms with Crippen LogP contribution in [-0.4, -0.2) is 37.2 Å². The van der Waals surface area contributed by atoms with Crippen molar-refractivity contribution in [2.75, 3.05) is 31.5 Å². The molecule has 1 N–H and O–H groups in total. The third-order valence-electron chi connectivity index (χ3n) is 4.37. The third kappa shape index (κ3) is 3.45. The fraction of sp³-hybridized carbons (Fsp3) is 0.647. The van der Waals surface area contributed by atoms with Crippen molar-refractivity contribution in [2.45, 2.75) is 45.1 Å². The number of hydrogen-bond acceptors (Lipinski definition) is 3. The molecule has 1 unspecified atom stereocenters. The topological polar surface area (TPSA) is 24.5 Å². The number of likely N-dealkylation sites (tertiary alicyclic amines) is 1. The van der Waals surface area contributed by atoms with Gasteiger partial charge in [0, 0.05) is 6.54 Å². The highest BCUT2D eigenvalue weighted by atomic mass is 16.5. The molecule has 1 fully saturated rings. The maximum atomic E-state index is 5.82. The van der Waals surface area contributed by atoms with Crippen molar-refractivity contribution >= 4 is 5.69 Å². The third-order valence-corrected chi connectivity index (χ3v) is 4.37. The molecule has 0 radical (unpaired) electrons. The molecule has 1 aromatic rings. The molecule has 3 nitrogen and oxygen atoms in total. The van der Waals surface area contributed by atoms with Crippen LogP contribution in [0.5, 0.6) is 5.75 Å². The van der Waals surface area contributed by atoms with Crippen LogP contribution < -0.4 is 10.1 Å². The van der Waals surface area contributed by atoms with Gasteiger partial charge in [-0.05, 0) is 57.0 Å². The number of benzene rings is 1. The van der Waals surface area contributed by atoms with E-state index in [1.54, 1.807) is 0 Å². The van der Waals surface area contributed by atoms with Crippen LogP contribution in [0.1, 0.15) is 38.2 Å². The monoisotopic (exact) mass is 274 g/mol. The summed E-state index contributed by atoms with van der Waals surface area (Å²) in [6.45, 7) is 6.76. The van der Waals surface area contributed by atoms with Crippen LogP contribution in [0.2, 0.25) is 0 Å². The minimum absolute atomic E-state index is 0.269. The van der Waals surface area contributed by atoms with Crippen LogP contribution in [0.15, 0.2) is 18.2 Å². The second kappa shape index (κ2) is 6.49. The summed E-state index contributed by atoms with van der Waals surface area (Å²) >= 11 is 0. The van der Waals surface area contributed by atoms with Gasteiger partial charge >= 0.3 is 0 Å². The molecule has 2 aliphatic rings. The Morgan fingerprint density at radius 1 is 1.20 bits per heavy atom. The number of fused-ring (bicyclic) bond motifs is 1. The van der Waals surface area contributed by atoms with Gasteiger partial charge in [0.15, 0.2) is 0 Å². The summed E-state index contributed by atoms with van der Waals surface area (Å²) in [6, 6.07) is 6.60. The summed E-state index contributed by atoms with van der Waals surface area (Å²) in [7, 11) is 0. The lowest BCUT2D eigenvalue weighted by Gasteiger charge is -2.25. The molecule has 2 heterocycles. The summed E-state index contributed by atoms with van der Waals surface area (Å²) in [6.07, 6.45) is 6.98.